The molecule has 46 heavy (non-hydrogen) atoms. The lowest BCUT2D eigenvalue weighted by Crippen LogP contribution is -2.44. The van der Waals surface area contributed by atoms with Crippen LogP contribution < -0.4 is 15.4 Å². The van der Waals surface area contributed by atoms with Crippen molar-refractivity contribution in [2.45, 2.75) is 57.7 Å². The molecule has 0 saturated carbocycles. The van der Waals surface area contributed by atoms with Crippen molar-refractivity contribution in [1.82, 2.24) is 25.2 Å². The van der Waals surface area contributed by atoms with E-state index in [1.54, 1.807) is 43.9 Å². The van der Waals surface area contributed by atoms with Gasteiger partial charge in [0.05, 0.1) is 38.8 Å². The summed E-state index contributed by atoms with van der Waals surface area (Å²) in [5, 5.41) is 17.8. The van der Waals surface area contributed by atoms with E-state index in [1.165, 1.54) is 18.5 Å². The van der Waals surface area contributed by atoms with Crippen LogP contribution in [0.5, 0.6) is 0 Å². The van der Waals surface area contributed by atoms with Gasteiger partial charge in [-0.3, -0.25) is 4.79 Å². The van der Waals surface area contributed by atoms with Crippen LogP contribution in [0.25, 0.3) is 21.9 Å². The topological polar surface area (TPSA) is 170 Å². The highest BCUT2D eigenvalue weighted by molar-refractivity contribution is 7.90. The average molecular weight is 694 g/mol. The van der Waals surface area contributed by atoms with Crippen molar-refractivity contribution >= 4 is 72.8 Å². The van der Waals surface area contributed by atoms with Crippen LogP contribution in [0.2, 0.25) is 10.0 Å². The van der Waals surface area contributed by atoms with Gasteiger partial charge >= 0.3 is 12.4 Å². The van der Waals surface area contributed by atoms with E-state index in [0.29, 0.717) is 46.1 Å². The number of aromatic amines is 1. The SMILES string of the molecule is CC(C)(C)OC(=O)NC[C@H]1CCCN1C(=O)c1cc2c(cc1Cl)c(N[C@@H](CCS(C)(=O)=O)c1nc3ccc(Cl)cc3[nH]1)nc[n+]2O. The van der Waals surface area contributed by atoms with Crippen LogP contribution in [-0.4, -0.2) is 82.2 Å². The Labute approximate surface area is 276 Å². The molecule has 1 aliphatic rings. The van der Waals surface area contributed by atoms with Gasteiger partial charge < -0.3 is 30.5 Å². The monoisotopic (exact) mass is 692 g/mol. The highest BCUT2D eigenvalue weighted by atomic mass is 35.5. The van der Waals surface area contributed by atoms with E-state index >= 15 is 0 Å². The second-order valence-corrected chi connectivity index (χ2v) is 15.5. The van der Waals surface area contributed by atoms with Crippen LogP contribution >= 0.6 is 23.2 Å². The number of ether oxygens (including phenoxy) is 1. The molecule has 5 rings (SSSR count). The molecule has 1 fully saturated rings. The number of hydrogen-bond acceptors (Lipinski definition) is 9. The maximum atomic E-state index is 13.7. The van der Waals surface area contributed by atoms with Gasteiger partial charge in [0.15, 0.2) is 5.52 Å². The first-order valence-electron chi connectivity index (χ1n) is 14.7. The lowest BCUT2D eigenvalue weighted by atomic mass is 10.1. The molecule has 2 aromatic heterocycles. The molecule has 3 heterocycles. The van der Waals surface area contributed by atoms with Crippen molar-refractivity contribution in [2.75, 3.05) is 30.4 Å². The zero-order valence-electron chi connectivity index (χ0n) is 25.8. The van der Waals surface area contributed by atoms with E-state index < -0.39 is 27.6 Å². The lowest BCUT2D eigenvalue weighted by Gasteiger charge is -2.26. The van der Waals surface area contributed by atoms with E-state index in [0.717, 1.165) is 17.4 Å². The van der Waals surface area contributed by atoms with Crippen molar-refractivity contribution in [1.29, 1.82) is 0 Å². The van der Waals surface area contributed by atoms with Gasteiger partial charge in [-0.05, 0) is 74.0 Å². The summed E-state index contributed by atoms with van der Waals surface area (Å²) in [4.78, 5) is 39.8. The van der Waals surface area contributed by atoms with E-state index in [-0.39, 0.29) is 46.8 Å². The van der Waals surface area contributed by atoms with Crippen LogP contribution in [-0.2, 0) is 14.6 Å². The van der Waals surface area contributed by atoms with Crippen molar-refractivity contribution in [3.05, 3.63) is 58.1 Å². The van der Waals surface area contributed by atoms with E-state index in [4.69, 9.17) is 27.9 Å². The molecule has 1 aliphatic heterocycles. The molecule has 2 atom stereocenters. The number of benzene rings is 2. The summed E-state index contributed by atoms with van der Waals surface area (Å²) in [6.45, 7) is 6.01. The van der Waals surface area contributed by atoms with Gasteiger partial charge in [-0.2, -0.15) is 0 Å². The molecule has 1 saturated heterocycles. The Morgan fingerprint density at radius 3 is 2.72 bits per heavy atom. The van der Waals surface area contributed by atoms with Crippen molar-refractivity contribution in [3.8, 4) is 0 Å². The number of nitrogens with one attached hydrogen (secondary N) is 3. The minimum Gasteiger partial charge on any atom is -0.444 e. The van der Waals surface area contributed by atoms with Gasteiger partial charge in [0.2, 0.25) is 0 Å². The summed E-state index contributed by atoms with van der Waals surface area (Å²) in [5.74, 6) is 0.277. The number of H-pyrrole nitrogens is 1. The molecule has 2 aromatic carbocycles. The zero-order valence-corrected chi connectivity index (χ0v) is 28.1. The van der Waals surface area contributed by atoms with Crippen molar-refractivity contribution in [2.24, 2.45) is 0 Å². The summed E-state index contributed by atoms with van der Waals surface area (Å²) in [6, 6.07) is 7.31. The second-order valence-electron chi connectivity index (χ2n) is 12.4. The number of aromatic nitrogens is 4. The predicted octanol–water partition coefficient (Wildman–Crippen LogP) is 4.66. The Kier molecular flexibility index (Phi) is 9.52. The third-order valence-electron chi connectivity index (χ3n) is 7.51. The van der Waals surface area contributed by atoms with E-state index in [2.05, 4.69) is 25.6 Å². The largest absolute Gasteiger partial charge is 0.444 e. The fourth-order valence-electron chi connectivity index (χ4n) is 5.39. The van der Waals surface area contributed by atoms with Gasteiger partial charge in [-0.25, -0.2) is 18.2 Å². The highest BCUT2D eigenvalue weighted by Crippen LogP contribution is 2.32. The van der Waals surface area contributed by atoms with Gasteiger partial charge in [0, 0.05) is 36.5 Å². The number of alkyl carbamates (subject to hydrolysis) is 1. The summed E-state index contributed by atoms with van der Waals surface area (Å²) < 4.78 is 30.3. The molecular weight excluding hydrogens is 657 g/mol. The van der Waals surface area contributed by atoms with Crippen LogP contribution in [0, 0.1) is 0 Å². The maximum absolute atomic E-state index is 13.7. The standard InChI is InChI=1S/C30H35Cl2N7O6S/c1-30(2,3)45-29(41)33-15-18-6-5-10-38(18)28(40)19-14-25-20(13-21(19)32)26(34-16-39(25)42)36-23(9-11-46(4,43)44)27-35-22-8-7-17(31)12-24(22)37-27/h7-8,12-14,16,18,23,42H,5-6,9-11,15H2,1-4H3,(H2,33,35,37,41)/p+1/t18-,23+/m1/s1. The third-order valence-corrected chi connectivity index (χ3v) is 9.04. The number of imidazole rings is 1. The van der Waals surface area contributed by atoms with Gasteiger partial charge in [-0.1, -0.05) is 23.2 Å². The first kappa shape index (κ1) is 33.5. The quantitative estimate of drug-likeness (QED) is 0.144. The fourth-order valence-corrected chi connectivity index (χ4v) is 6.47. The van der Waals surface area contributed by atoms with Crippen molar-refractivity contribution in [3.63, 3.8) is 0 Å². The number of likely N-dealkylation sites (tertiary alicyclic amines) is 1. The first-order valence-corrected chi connectivity index (χ1v) is 17.5. The average Bonchev–Trinajstić information content (AvgIpc) is 3.60. The number of amides is 2. The van der Waals surface area contributed by atoms with E-state index in [9.17, 15) is 23.2 Å². The summed E-state index contributed by atoms with van der Waals surface area (Å²) >= 11 is 12.8. The minimum absolute atomic E-state index is 0.130. The number of nitrogens with zero attached hydrogens (tertiary/aromatic N) is 4. The van der Waals surface area contributed by atoms with Crippen LogP contribution in [0.3, 0.4) is 0 Å². The van der Waals surface area contributed by atoms with Gasteiger partial charge in [-0.15, -0.1) is 0 Å². The molecule has 0 spiro atoms. The second kappa shape index (κ2) is 13.1. The number of fused-ring (bicyclic) bond motifs is 2. The Hall–Kier alpha value is -3.88. The molecule has 2 amide bonds. The molecule has 4 aromatic rings. The normalized spacial score (nSPS) is 16.1. The van der Waals surface area contributed by atoms with Gasteiger partial charge in [0.25, 0.3) is 11.7 Å². The molecule has 0 bridgehead atoms. The van der Waals surface area contributed by atoms with E-state index in [1.807, 2.05) is 0 Å². The number of rotatable bonds is 9. The third kappa shape index (κ3) is 7.91. The minimum atomic E-state index is -3.32. The number of anilines is 1. The Balaban J connectivity index is 1.43. The number of sulfone groups is 1. The number of carbonyl (C=O) groups excluding carboxylic acids is 2. The van der Waals surface area contributed by atoms with Crippen LogP contribution in [0.4, 0.5) is 10.6 Å². The molecular formula is C30H36Cl2N7O6S+. The predicted molar refractivity (Wildman–Crippen MR) is 174 cm³/mol. The molecule has 246 valence electrons. The molecule has 4 N–H and O–H groups in total. The molecule has 16 heteroatoms. The maximum Gasteiger partial charge on any atom is 0.407 e. The zero-order chi connectivity index (χ0) is 33.4. The summed E-state index contributed by atoms with van der Waals surface area (Å²) in [5.41, 5.74) is 1.09. The number of halogens is 2. The molecule has 0 aliphatic carbocycles. The highest BCUT2D eigenvalue weighted by Gasteiger charge is 2.33. The smallest absolute Gasteiger partial charge is 0.407 e. The number of carbonyl (C=O) groups is 2. The molecule has 13 nitrogen and oxygen atoms in total. The van der Waals surface area contributed by atoms with Crippen LogP contribution in [0.1, 0.15) is 62.3 Å². The summed E-state index contributed by atoms with van der Waals surface area (Å²) in [7, 11) is -3.32. The van der Waals surface area contributed by atoms with Crippen LogP contribution in [0.15, 0.2) is 36.7 Å². The molecule has 0 unspecified atom stereocenters. The lowest BCUT2D eigenvalue weighted by molar-refractivity contribution is -0.886. The number of hydrogen-bond donors (Lipinski definition) is 4. The fraction of sp³-hybridized carbons (Fsp3) is 0.433. The Morgan fingerprint density at radius 2 is 2.00 bits per heavy atom. The first-order chi connectivity index (χ1) is 21.6. The Morgan fingerprint density at radius 1 is 1.24 bits per heavy atom. The van der Waals surface area contributed by atoms with Gasteiger partial charge in [0.1, 0.15) is 21.3 Å². The summed E-state index contributed by atoms with van der Waals surface area (Å²) in [6.07, 6.45) is 3.35. The Bertz CT molecular complexity index is 1910. The van der Waals surface area contributed by atoms with Crippen molar-refractivity contribution < 1.29 is 32.7 Å². The molecule has 0 radical (unpaired) electrons.